The van der Waals surface area contributed by atoms with Crippen LogP contribution < -0.4 is 4.74 Å². The molecule has 0 radical (unpaired) electrons. The molecule has 0 aliphatic rings. The summed E-state index contributed by atoms with van der Waals surface area (Å²) in [7, 11) is 0. The number of ether oxygens (including phenoxy) is 1. The van der Waals surface area contributed by atoms with Crippen molar-refractivity contribution in [3.05, 3.63) is 101 Å². The standard InChI is InChI=1S/C29H23F4N3O3S/c1-15(18-5-3-4-16(27(18)32)6-9-26(37)38)22-14-25(40-2)36(35-22)24-12-17(7-8-20(24)30)39-29-21(31)13-23-19(28(29)33)10-11-34-23/h3-5,7-8,10-15,34H,6,9H2,1-2H3,(H,37,38). The number of aryl methyl sites for hydroxylation is 1. The second-order valence-corrected chi connectivity index (χ2v) is 9.94. The molecule has 5 aromatic rings. The fourth-order valence-corrected chi connectivity index (χ4v) is 5.03. The number of aromatic amines is 1. The highest BCUT2D eigenvalue weighted by atomic mass is 32.2. The van der Waals surface area contributed by atoms with Crippen molar-refractivity contribution in [1.29, 1.82) is 0 Å². The van der Waals surface area contributed by atoms with E-state index < -0.39 is 40.9 Å². The summed E-state index contributed by atoms with van der Waals surface area (Å²) < 4.78 is 66.7. The number of hydrogen-bond acceptors (Lipinski definition) is 4. The summed E-state index contributed by atoms with van der Waals surface area (Å²) in [5, 5.41) is 14.2. The molecular weight excluding hydrogens is 546 g/mol. The predicted octanol–water partition coefficient (Wildman–Crippen LogP) is 7.59. The van der Waals surface area contributed by atoms with E-state index in [0.29, 0.717) is 16.3 Å². The molecule has 2 N–H and O–H groups in total. The molecule has 5 rings (SSSR count). The van der Waals surface area contributed by atoms with Crippen LogP contribution in [0.15, 0.2) is 65.8 Å². The van der Waals surface area contributed by atoms with Crippen LogP contribution in [0, 0.1) is 23.3 Å². The molecule has 3 aromatic carbocycles. The SMILES string of the molecule is CSc1cc(C(C)c2cccc(CCC(=O)O)c2F)nn1-c1cc(Oc2c(F)cc3[nH]ccc3c2F)ccc1F. The summed E-state index contributed by atoms with van der Waals surface area (Å²) in [5.41, 5.74) is 1.29. The van der Waals surface area contributed by atoms with Crippen molar-refractivity contribution in [2.24, 2.45) is 0 Å². The van der Waals surface area contributed by atoms with Gasteiger partial charge in [0.2, 0.25) is 0 Å². The fraction of sp³-hybridized carbons (Fsp3) is 0.172. The maximum atomic E-state index is 15.3. The number of aromatic nitrogens is 3. The normalized spacial score (nSPS) is 12.2. The molecule has 0 saturated carbocycles. The van der Waals surface area contributed by atoms with Crippen LogP contribution in [0.1, 0.15) is 36.1 Å². The molecule has 0 spiro atoms. The van der Waals surface area contributed by atoms with Gasteiger partial charge in [-0.15, -0.1) is 11.8 Å². The molecular formula is C29H23F4N3O3S. The molecule has 2 aromatic heterocycles. The van der Waals surface area contributed by atoms with Crippen molar-refractivity contribution < 1.29 is 32.2 Å². The van der Waals surface area contributed by atoms with Crippen LogP contribution in [-0.4, -0.2) is 32.1 Å². The smallest absolute Gasteiger partial charge is 0.303 e. The molecule has 206 valence electrons. The summed E-state index contributed by atoms with van der Waals surface area (Å²) in [6, 6.07) is 12.7. The number of carboxylic acid groups (broad SMARTS) is 1. The van der Waals surface area contributed by atoms with Gasteiger partial charge in [-0.2, -0.15) is 5.10 Å². The van der Waals surface area contributed by atoms with E-state index in [0.717, 1.165) is 12.1 Å². The van der Waals surface area contributed by atoms with Crippen LogP contribution in [0.25, 0.3) is 16.6 Å². The summed E-state index contributed by atoms with van der Waals surface area (Å²) in [4.78, 5) is 13.7. The molecule has 2 heterocycles. The highest BCUT2D eigenvalue weighted by Crippen LogP contribution is 2.36. The minimum atomic E-state index is -1.02. The lowest BCUT2D eigenvalue weighted by Crippen LogP contribution is -2.07. The Morgan fingerprint density at radius 2 is 1.88 bits per heavy atom. The van der Waals surface area contributed by atoms with E-state index in [4.69, 9.17) is 9.84 Å². The number of H-pyrrole nitrogens is 1. The third-order valence-electron chi connectivity index (χ3n) is 6.60. The number of halogens is 4. The van der Waals surface area contributed by atoms with Crippen LogP contribution in [-0.2, 0) is 11.2 Å². The monoisotopic (exact) mass is 569 g/mol. The minimum absolute atomic E-state index is 0.0154. The predicted molar refractivity (Wildman–Crippen MR) is 143 cm³/mol. The summed E-state index contributed by atoms with van der Waals surface area (Å²) in [5.74, 6) is -5.20. The van der Waals surface area contributed by atoms with Gasteiger partial charge in [-0.1, -0.05) is 25.1 Å². The molecule has 0 aliphatic carbocycles. The highest BCUT2D eigenvalue weighted by molar-refractivity contribution is 7.98. The van der Waals surface area contributed by atoms with Crippen LogP contribution in [0.4, 0.5) is 17.6 Å². The molecule has 40 heavy (non-hydrogen) atoms. The van der Waals surface area contributed by atoms with Crippen molar-refractivity contribution >= 4 is 28.6 Å². The van der Waals surface area contributed by atoms with E-state index in [1.54, 1.807) is 37.4 Å². The molecule has 1 atom stereocenters. The lowest BCUT2D eigenvalue weighted by molar-refractivity contribution is -0.136. The quantitative estimate of drug-likeness (QED) is 0.141. The number of nitrogens with zero attached hydrogens (tertiary/aromatic N) is 2. The summed E-state index contributed by atoms with van der Waals surface area (Å²) >= 11 is 1.28. The number of aliphatic carboxylic acids is 1. The molecule has 11 heteroatoms. The van der Waals surface area contributed by atoms with Gasteiger partial charge in [0.25, 0.3) is 0 Å². The highest BCUT2D eigenvalue weighted by Gasteiger charge is 2.23. The molecule has 0 fully saturated rings. The first-order chi connectivity index (χ1) is 19.2. The van der Waals surface area contributed by atoms with Gasteiger partial charge in [0.15, 0.2) is 17.4 Å². The Morgan fingerprint density at radius 1 is 1.07 bits per heavy atom. The van der Waals surface area contributed by atoms with Gasteiger partial charge in [-0.3, -0.25) is 4.79 Å². The first-order valence-corrected chi connectivity index (χ1v) is 13.5. The van der Waals surface area contributed by atoms with Crippen LogP contribution in [0.5, 0.6) is 11.5 Å². The number of hydrogen-bond donors (Lipinski definition) is 2. The molecule has 0 saturated heterocycles. The van der Waals surface area contributed by atoms with Gasteiger partial charge in [0.05, 0.1) is 16.2 Å². The average Bonchev–Trinajstić information content (AvgIpc) is 3.58. The van der Waals surface area contributed by atoms with Crippen molar-refractivity contribution in [2.75, 3.05) is 6.26 Å². The van der Waals surface area contributed by atoms with E-state index in [9.17, 15) is 13.6 Å². The van der Waals surface area contributed by atoms with Crippen LogP contribution >= 0.6 is 11.8 Å². The summed E-state index contributed by atoms with van der Waals surface area (Å²) in [6.07, 6.45) is 3.09. The van der Waals surface area contributed by atoms with Crippen molar-refractivity contribution in [3.8, 4) is 17.2 Å². The number of nitrogens with one attached hydrogen (secondary N) is 1. The van der Waals surface area contributed by atoms with E-state index >= 15 is 8.78 Å². The first kappa shape index (κ1) is 27.3. The zero-order valence-corrected chi connectivity index (χ0v) is 22.2. The van der Waals surface area contributed by atoms with E-state index in [1.807, 2.05) is 0 Å². The van der Waals surface area contributed by atoms with Crippen molar-refractivity contribution in [3.63, 3.8) is 0 Å². The molecule has 0 amide bonds. The van der Waals surface area contributed by atoms with Crippen molar-refractivity contribution in [2.45, 2.75) is 30.7 Å². The maximum absolute atomic E-state index is 15.3. The van der Waals surface area contributed by atoms with Gasteiger partial charge >= 0.3 is 5.97 Å². The number of rotatable bonds is 9. The molecule has 0 aliphatic heterocycles. The topological polar surface area (TPSA) is 80.1 Å². The number of benzene rings is 3. The fourth-order valence-electron chi connectivity index (χ4n) is 4.48. The molecule has 1 unspecified atom stereocenters. The van der Waals surface area contributed by atoms with Gasteiger partial charge in [0, 0.05) is 36.1 Å². The van der Waals surface area contributed by atoms with Gasteiger partial charge in [-0.05, 0) is 48.1 Å². The van der Waals surface area contributed by atoms with Crippen LogP contribution in [0.2, 0.25) is 0 Å². The zero-order valence-electron chi connectivity index (χ0n) is 21.3. The second-order valence-electron chi connectivity index (χ2n) is 9.11. The minimum Gasteiger partial charge on any atom is -0.481 e. The van der Waals surface area contributed by atoms with Gasteiger partial charge in [-0.25, -0.2) is 22.2 Å². The third-order valence-corrected chi connectivity index (χ3v) is 7.31. The van der Waals surface area contributed by atoms with Gasteiger partial charge in [0.1, 0.15) is 23.1 Å². The van der Waals surface area contributed by atoms with Crippen LogP contribution in [0.3, 0.4) is 0 Å². The molecule has 6 nitrogen and oxygen atoms in total. The van der Waals surface area contributed by atoms with Gasteiger partial charge < -0.3 is 14.8 Å². The van der Waals surface area contributed by atoms with E-state index in [1.165, 1.54) is 40.8 Å². The largest absolute Gasteiger partial charge is 0.481 e. The second kappa shape index (κ2) is 11.1. The Bertz CT molecular complexity index is 1730. The Kier molecular flexibility index (Phi) is 7.57. The molecule has 0 bridgehead atoms. The van der Waals surface area contributed by atoms with E-state index in [2.05, 4.69) is 10.1 Å². The average molecular weight is 570 g/mol. The summed E-state index contributed by atoms with van der Waals surface area (Å²) in [6.45, 7) is 1.74. The number of carboxylic acids is 1. The third kappa shape index (κ3) is 5.16. The van der Waals surface area contributed by atoms with Crippen molar-refractivity contribution in [1.82, 2.24) is 14.8 Å². The Morgan fingerprint density at radius 3 is 2.62 bits per heavy atom. The van der Waals surface area contributed by atoms with E-state index in [-0.39, 0.29) is 40.7 Å². The maximum Gasteiger partial charge on any atom is 0.303 e. The number of thioether (sulfide) groups is 1. The Labute approximate surface area is 230 Å². The lowest BCUT2D eigenvalue weighted by Gasteiger charge is -2.13. The first-order valence-electron chi connectivity index (χ1n) is 12.2. The Hall–Kier alpha value is -4.25. The zero-order chi connectivity index (χ0) is 28.6. The lowest BCUT2D eigenvalue weighted by atomic mass is 9.94. The number of fused-ring (bicyclic) bond motifs is 1. The number of carbonyl (C=O) groups is 1. The Balaban J connectivity index is 1.49.